The van der Waals surface area contributed by atoms with Gasteiger partial charge in [-0.15, -0.1) is 0 Å². The first-order valence-corrected chi connectivity index (χ1v) is 8.52. The molecule has 0 saturated carbocycles. The largest absolute Gasteiger partial charge is 0.478 e. The fraction of sp³-hybridized carbons (Fsp3) is 0.556. The number of nitrogens with zero attached hydrogens (tertiary/aromatic N) is 2. The van der Waals surface area contributed by atoms with Gasteiger partial charge in [-0.1, -0.05) is 12.1 Å². The highest BCUT2D eigenvalue weighted by molar-refractivity contribution is 5.87. The lowest BCUT2D eigenvalue weighted by atomic mass is 9.97. The Hall–Kier alpha value is -1.92. The van der Waals surface area contributed by atoms with Gasteiger partial charge in [0.05, 0.1) is 25.3 Å². The van der Waals surface area contributed by atoms with Crippen LogP contribution in [0.1, 0.15) is 22.3 Å². The molecule has 2 saturated heterocycles. The highest BCUT2D eigenvalue weighted by Crippen LogP contribution is 2.21. The second-order valence-electron chi connectivity index (χ2n) is 6.59. The van der Waals surface area contributed by atoms with E-state index in [2.05, 4.69) is 4.90 Å². The Kier molecular flexibility index (Phi) is 5.48. The molecule has 0 aliphatic carbocycles. The lowest BCUT2D eigenvalue weighted by Crippen LogP contribution is -2.44. The summed E-state index contributed by atoms with van der Waals surface area (Å²) in [5.74, 6) is -0.299. The fourth-order valence-electron chi connectivity index (χ4n) is 3.44. The molecule has 2 aliphatic heterocycles. The molecule has 2 fully saturated rings. The van der Waals surface area contributed by atoms with E-state index in [1.165, 1.54) is 0 Å². The summed E-state index contributed by atoms with van der Waals surface area (Å²) < 4.78 is 5.31. The Morgan fingerprint density at radius 1 is 1.21 bits per heavy atom. The number of carboxylic acids is 1. The average Bonchev–Trinajstić information content (AvgIpc) is 3.04. The van der Waals surface area contributed by atoms with Gasteiger partial charge in [0.2, 0.25) is 5.91 Å². The number of likely N-dealkylation sites (tertiary alicyclic amines) is 1. The van der Waals surface area contributed by atoms with E-state index in [1.54, 1.807) is 18.2 Å². The number of hydrogen-bond donors (Lipinski definition) is 1. The number of ether oxygens (including phenoxy) is 1. The molecule has 1 aromatic rings. The molecule has 1 amide bonds. The molecular formula is C18H24N2O4. The Morgan fingerprint density at radius 2 is 2.00 bits per heavy atom. The third-order valence-corrected chi connectivity index (χ3v) is 4.80. The lowest BCUT2D eigenvalue weighted by Gasteiger charge is -2.28. The first kappa shape index (κ1) is 16.9. The number of benzene rings is 1. The van der Waals surface area contributed by atoms with Gasteiger partial charge in [0.15, 0.2) is 0 Å². The standard InChI is InChI=1S/C18H24N2O4/c21-17(13-19-6-8-24-9-7-19)20-5-4-15(12-20)10-14-2-1-3-16(11-14)18(22)23/h1-3,11,15H,4-10,12-13H2,(H,22,23)/t15-/m0/s1. The number of morpholine rings is 1. The molecule has 130 valence electrons. The highest BCUT2D eigenvalue weighted by Gasteiger charge is 2.27. The Balaban J connectivity index is 1.50. The Labute approximate surface area is 142 Å². The van der Waals surface area contributed by atoms with Crippen LogP contribution in [0, 0.1) is 5.92 Å². The highest BCUT2D eigenvalue weighted by atomic mass is 16.5. The summed E-state index contributed by atoms with van der Waals surface area (Å²) in [7, 11) is 0. The van der Waals surface area contributed by atoms with Crippen molar-refractivity contribution in [3.05, 3.63) is 35.4 Å². The topological polar surface area (TPSA) is 70.1 Å². The van der Waals surface area contributed by atoms with Gasteiger partial charge in [0.1, 0.15) is 0 Å². The molecule has 1 N–H and O–H groups in total. The molecule has 24 heavy (non-hydrogen) atoms. The first-order valence-electron chi connectivity index (χ1n) is 8.52. The zero-order valence-electron chi connectivity index (χ0n) is 13.8. The zero-order valence-corrected chi connectivity index (χ0v) is 13.8. The molecule has 1 aromatic carbocycles. The van der Waals surface area contributed by atoms with E-state index < -0.39 is 5.97 Å². The molecule has 2 aliphatic rings. The van der Waals surface area contributed by atoms with Gasteiger partial charge in [0, 0.05) is 26.2 Å². The van der Waals surface area contributed by atoms with E-state index in [-0.39, 0.29) is 5.91 Å². The van der Waals surface area contributed by atoms with Crippen LogP contribution < -0.4 is 0 Å². The molecule has 1 atom stereocenters. The van der Waals surface area contributed by atoms with Gasteiger partial charge >= 0.3 is 5.97 Å². The van der Waals surface area contributed by atoms with E-state index in [0.29, 0.717) is 31.2 Å². The smallest absolute Gasteiger partial charge is 0.335 e. The van der Waals surface area contributed by atoms with Crippen LogP contribution in [0.4, 0.5) is 0 Å². The van der Waals surface area contributed by atoms with Crippen molar-refractivity contribution in [2.45, 2.75) is 12.8 Å². The molecule has 0 aromatic heterocycles. The van der Waals surface area contributed by atoms with Crippen LogP contribution in [-0.2, 0) is 16.0 Å². The van der Waals surface area contributed by atoms with Crippen LogP contribution in [0.5, 0.6) is 0 Å². The monoisotopic (exact) mass is 332 g/mol. The second kappa shape index (κ2) is 7.77. The molecule has 6 nitrogen and oxygen atoms in total. The average molecular weight is 332 g/mol. The van der Waals surface area contributed by atoms with Crippen molar-refractivity contribution in [3.63, 3.8) is 0 Å². The maximum atomic E-state index is 12.4. The number of rotatable bonds is 5. The van der Waals surface area contributed by atoms with E-state index in [1.807, 2.05) is 11.0 Å². The summed E-state index contributed by atoms with van der Waals surface area (Å²) in [5, 5.41) is 9.07. The van der Waals surface area contributed by atoms with Gasteiger partial charge in [-0.25, -0.2) is 4.79 Å². The predicted octanol–water partition coefficient (Wildman–Crippen LogP) is 1.11. The fourth-order valence-corrected chi connectivity index (χ4v) is 3.44. The number of hydrogen-bond acceptors (Lipinski definition) is 4. The van der Waals surface area contributed by atoms with Crippen LogP contribution in [0.3, 0.4) is 0 Å². The van der Waals surface area contributed by atoms with Gasteiger partial charge in [-0.2, -0.15) is 0 Å². The van der Waals surface area contributed by atoms with E-state index in [9.17, 15) is 9.59 Å². The minimum atomic E-state index is -0.898. The first-order chi connectivity index (χ1) is 11.6. The van der Waals surface area contributed by atoms with Gasteiger partial charge in [0.25, 0.3) is 0 Å². The third-order valence-electron chi connectivity index (χ3n) is 4.80. The molecule has 0 spiro atoms. The van der Waals surface area contributed by atoms with E-state index in [0.717, 1.165) is 44.6 Å². The van der Waals surface area contributed by atoms with E-state index >= 15 is 0 Å². The van der Waals surface area contributed by atoms with Crippen molar-refractivity contribution >= 4 is 11.9 Å². The molecule has 0 radical (unpaired) electrons. The van der Waals surface area contributed by atoms with Gasteiger partial charge in [-0.3, -0.25) is 9.69 Å². The van der Waals surface area contributed by atoms with Crippen molar-refractivity contribution in [1.29, 1.82) is 0 Å². The van der Waals surface area contributed by atoms with Crippen LogP contribution in [-0.4, -0.2) is 72.7 Å². The minimum absolute atomic E-state index is 0.193. The normalized spacial score (nSPS) is 21.8. The third kappa shape index (κ3) is 4.33. The van der Waals surface area contributed by atoms with Crippen molar-refractivity contribution in [2.24, 2.45) is 5.92 Å². The van der Waals surface area contributed by atoms with Gasteiger partial charge in [-0.05, 0) is 36.5 Å². The summed E-state index contributed by atoms with van der Waals surface area (Å²) >= 11 is 0. The van der Waals surface area contributed by atoms with Crippen molar-refractivity contribution in [1.82, 2.24) is 9.80 Å². The van der Waals surface area contributed by atoms with Crippen molar-refractivity contribution in [2.75, 3.05) is 45.9 Å². The minimum Gasteiger partial charge on any atom is -0.478 e. The van der Waals surface area contributed by atoms with Crippen LogP contribution in [0.25, 0.3) is 0 Å². The Morgan fingerprint density at radius 3 is 2.75 bits per heavy atom. The summed E-state index contributed by atoms with van der Waals surface area (Å²) in [5.41, 5.74) is 1.35. The zero-order chi connectivity index (χ0) is 16.9. The van der Waals surface area contributed by atoms with Gasteiger partial charge < -0.3 is 14.7 Å². The SMILES string of the molecule is O=C(O)c1cccc(C[C@@H]2CCN(C(=O)CN3CCOCC3)C2)c1. The lowest BCUT2D eigenvalue weighted by molar-refractivity contribution is -0.132. The maximum absolute atomic E-state index is 12.4. The maximum Gasteiger partial charge on any atom is 0.335 e. The summed E-state index contributed by atoms with van der Waals surface area (Å²) in [4.78, 5) is 27.6. The van der Waals surface area contributed by atoms with E-state index in [4.69, 9.17) is 9.84 Å². The quantitative estimate of drug-likeness (QED) is 0.875. The number of carboxylic acid groups (broad SMARTS) is 1. The summed E-state index contributed by atoms with van der Waals surface area (Å²) in [6.45, 7) is 5.10. The van der Waals surface area contributed by atoms with Crippen LogP contribution >= 0.6 is 0 Å². The van der Waals surface area contributed by atoms with Crippen LogP contribution in [0.2, 0.25) is 0 Å². The molecule has 0 bridgehead atoms. The molecule has 2 heterocycles. The molecule has 6 heteroatoms. The second-order valence-corrected chi connectivity index (χ2v) is 6.59. The molecular weight excluding hydrogens is 308 g/mol. The van der Waals surface area contributed by atoms with Crippen molar-refractivity contribution in [3.8, 4) is 0 Å². The number of amides is 1. The Bertz CT molecular complexity index is 598. The number of aromatic carboxylic acids is 1. The van der Waals surface area contributed by atoms with Crippen molar-refractivity contribution < 1.29 is 19.4 Å². The summed E-state index contributed by atoms with van der Waals surface area (Å²) in [6.07, 6.45) is 1.80. The summed E-state index contributed by atoms with van der Waals surface area (Å²) in [6, 6.07) is 7.10. The molecule has 3 rings (SSSR count). The number of carbonyl (C=O) groups is 2. The molecule has 0 unspecified atom stereocenters. The number of carbonyl (C=O) groups excluding carboxylic acids is 1. The predicted molar refractivity (Wildman–Crippen MR) is 89.1 cm³/mol. The van der Waals surface area contributed by atoms with Crippen LogP contribution in [0.15, 0.2) is 24.3 Å².